The zero-order valence-corrected chi connectivity index (χ0v) is 9.44. The first-order valence-electron chi connectivity index (χ1n) is 5.45. The van der Waals surface area contributed by atoms with E-state index in [1.54, 1.807) is 0 Å². The fourth-order valence-electron chi connectivity index (χ4n) is 2.19. The molecule has 5 heteroatoms. The van der Waals surface area contributed by atoms with Crippen molar-refractivity contribution in [3.05, 3.63) is 0 Å². The second-order valence-electron chi connectivity index (χ2n) is 4.42. The SMILES string of the molecule is CC(CN1CCC(C)C1CO)C(=O)NN. The molecule has 4 N–H and O–H groups in total. The molecule has 1 saturated heterocycles. The van der Waals surface area contributed by atoms with Gasteiger partial charge in [0.05, 0.1) is 6.61 Å². The largest absolute Gasteiger partial charge is 0.395 e. The van der Waals surface area contributed by atoms with Crippen LogP contribution in [0.2, 0.25) is 0 Å². The Labute approximate surface area is 90.6 Å². The Kier molecular flexibility index (Phi) is 4.50. The van der Waals surface area contributed by atoms with Crippen LogP contribution in [0.3, 0.4) is 0 Å². The Bertz CT molecular complexity index is 223. The summed E-state index contributed by atoms with van der Waals surface area (Å²) in [5.74, 6) is 5.30. The molecule has 1 aliphatic rings. The molecular formula is C10H21N3O2. The number of aliphatic hydroxyl groups is 1. The molecule has 0 spiro atoms. The van der Waals surface area contributed by atoms with Crippen LogP contribution in [0.25, 0.3) is 0 Å². The van der Waals surface area contributed by atoms with Gasteiger partial charge in [-0.2, -0.15) is 0 Å². The highest BCUT2D eigenvalue weighted by Crippen LogP contribution is 2.24. The van der Waals surface area contributed by atoms with Crippen LogP contribution in [0.1, 0.15) is 20.3 Å². The smallest absolute Gasteiger partial charge is 0.237 e. The fourth-order valence-corrected chi connectivity index (χ4v) is 2.19. The van der Waals surface area contributed by atoms with Gasteiger partial charge in [0.15, 0.2) is 0 Å². The summed E-state index contributed by atoms with van der Waals surface area (Å²) in [7, 11) is 0. The molecule has 1 fully saturated rings. The number of nitrogens with one attached hydrogen (secondary N) is 1. The minimum atomic E-state index is -0.147. The number of carbonyl (C=O) groups is 1. The Morgan fingerprint density at radius 3 is 2.93 bits per heavy atom. The highest BCUT2D eigenvalue weighted by Gasteiger charge is 2.32. The lowest BCUT2D eigenvalue weighted by atomic mass is 10.0. The van der Waals surface area contributed by atoms with Crippen molar-refractivity contribution in [1.82, 2.24) is 10.3 Å². The summed E-state index contributed by atoms with van der Waals surface area (Å²) in [6, 6.07) is 0.193. The van der Waals surface area contributed by atoms with E-state index >= 15 is 0 Å². The molecular weight excluding hydrogens is 194 g/mol. The van der Waals surface area contributed by atoms with E-state index in [0.717, 1.165) is 13.0 Å². The van der Waals surface area contributed by atoms with Crippen LogP contribution < -0.4 is 11.3 Å². The minimum Gasteiger partial charge on any atom is -0.395 e. The highest BCUT2D eigenvalue weighted by atomic mass is 16.3. The number of nitrogens with zero attached hydrogens (tertiary/aromatic N) is 1. The molecule has 0 aromatic carbocycles. The van der Waals surface area contributed by atoms with Crippen molar-refractivity contribution in [3.63, 3.8) is 0 Å². The van der Waals surface area contributed by atoms with Gasteiger partial charge in [-0.1, -0.05) is 13.8 Å². The molecule has 15 heavy (non-hydrogen) atoms. The van der Waals surface area contributed by atoms with Crippen molar-refractivity contribution < 1.29 is 9.90 Å². The first-order chi connectivity index (χ1) is 7.10. The lowest BCUT2D eigenvalue weighted by molar-refractivity contribution is -0.125. The van der Waals surface area contributed by atoms with Gasteiger partial charge in [0.1, 0.15) is 0 Å². The van der Waals surface area contributed by atoms with Crippen LogP contribution in [-0.4, -0.2) is 41.7 Å². The van der Waals surface area contributed by atoms with Crippen LogP contribution in [0.15, 0.2) is 0 Å². The third kappa shape index (κ3) is 2.90. The molecule has 0 aromatic heterocycles. The van der Waals surface area contributed by atoms with Crippen molar-refractivity contribution in [2.75, 3.05) is 19.7 Å². The van der Waals surface area contributed by atoms with E-state index in [1.165, 1.54) is 0 Å². The summed E-state index contributed by atoms with van der Waals surface area (Å²) >= 11 is 0. The average Bonchev–Trinajstić information content (AvgIpc) is 2.57. The third-order valence-corrected chi connectivity index (χ3v) is 3.28. The molecule has 1 rings (SSSR count). The van der Waals surface area contributed by atoms with Gasteiger partial charge >= 0.3 is 0 Å². The van der Waals surface area contributed by atoms with Gasteiger partial charge < -0.3 is 5.11 Å². The number of hydrogen-bond acceptors (Lipinski definition) is 4. The van der Waals surface area contributed by atoms with Gasteiger partial charge in [-0.25, -0.2) is 5.84 Å². The van der Waals surface area contributed by atoms with E-state index in [2.05, 4.69) is 17.2 Å². The van der Waals surface area contributed by atoms with E-state index in [1.807, 2.05) is 6.92 Å². The van der Waals surface area contributed by atoms with E-state index in [9.17, 15) is 9.90 Å². The summed E-state index contributed by atoms with van der Waals surface area (Å²) in [6.07, 6.45) is 1.09. The molecule has 88 valence electrons. The Morgan fingerprint density at radius 2 is 2.40 bits per heavy atom. The molecule has 3 unspecified atom stereocenters. The number of aliphatic hydroxyl groups excluding tert-OH is 1. The van der Waals surface area contributed by atoms with E-state index in [0.29, 0.717) is 12.5 Å². The number of carbonyl (C=O) groups excluding carboxylic acids is 1. The molecule has 1 aliphatic heterocycles. The third-order valence-electron chi connectivity index (χ3n) is 3.28. The summed E-state index contributed by atoms with van der Waals surface area (Å²) in [6.45, 7) is 5.76. The monoisotopic (exact) mass is 215 g/mol. The van der Waals surface area contributed by atoms with Gasteiger partial charge in [-0.05, 0) is 18.9 Å². The molecule has 0 bridgehead atoms. The normalized spacial score (nSPS) is 29.1. The number of likely N-dealkylation sites (tertiary alicyclic amines) is 1. The predicted octanol–water partition coefficient (Wildman–Crippen LogP) is -0.685. The summed E-state index contributed by atoms with van der Waals surface area (Å²) in [4.78, 5) is 13.4. The quantitative estimate of drug-likeness (QED) is 0.330. The van der Waals surface area contributed by atoms with E-state index in [-0.39, 0.29) is 24.5 Å². The second kappa shape index (κ2) is 5.44. The summed E-state index contributed by atoms with van der Waals surface area (Å²) in [5.41, 5.74) is 2.15. The van der Waals surface area contributed by atoms with Crippen molar-refractivity contribution in [1.29, 1.82) is 0 Å². The standard InChI is InChI=1S/C10H21N3O2/c1-7-3-4-13(9(7)6-14)5-8(2)10(15)12-11/h7-9,14H,3-6,11H2,1-2H3,(H,12,15). The van der Waals surface area contributed by atoms with Gasteiger partial charge in [-0.3, -0.25) is 15.1 Å². The highest BCUT2D eigenvalue weighted by molar-refractivity contribution is 5.77. The number of hydrazine groups is 1. The molecule has 1 heterocycles. The van der Waals surface area contributed by atoms with Crippen LogP contribution in [-0.2, 0) is 4.79 Å². The van der Waals surface area contributed by atoms with E-state index < -0.39 is 0 Å². The van der Waals surface area contributed by atoms with Crippen LogP contribution >= 0.6 is 0 Å². The molecule has 3 atom stereocenters. The first-order valence-corrected chi connectivity index (χ1v) is 5.45. The lowest BCUT2D eigenvalue weighted by Crippen LogP contribution is -2.43. The minimum absolute atomic E-state index is 0.130. The first kappa shape index (κ1) is 12.4. The van der Waals surface area contributed by atoms with Crippen molar-refractivity contribution in [3.8, 4) is 0 Å². The van der Waals surface area contributed by atoms with Gasteiger partial charge in [-0.15, -0.1) is 0 Å². The van der Waals surface area contributed by atoms with Gasteiger partial charge in [0.2, 0.25) is 5.91 Å². The fraction of sp³-hybridized carbons (Fsp3) is 0.900. The van der Waals surface area contributed by atoms with Gasteiger partial charge in [0, 0.05) is 18.5 Å². The lowest BCUT2D eigenvalue weighted by Gasteiger charge is -2.27. The molecule has 1 amide bonds. The van der Waals surface area contributed by atoms with Gasteiger partial charge in [0.25, 0.3) is 0 Å². The van der Waals surface area contributed by atoms with Crippen molar-refractivity contribution in [2.24, 2.45) is 17.7 Å². The molecule has 0 aromatic rings. The maximum Gasteiger partial charge on any atom is 0.237 e. The van der Waals surface area contributed by atoms with E-state index in [4.69, 9.17) is 5.84 Å². The van der Waals surface area contributed by atoms with Crippen LogP contribution in [0, 0.1) is 11.8 Å². The van der Waals surface area contributed by atoms with Crippen molar-refractivity contribution >= 4 is 5.91 Å². The van der Waals surface area contributed by atoms with Crippen molar-refractivity contribution in [2.45, 2.75) is 26.3 Å². The average molecular weight is 215 g/mol. The molecule has 0 aliphatic carbocycles. The molecule has 5 nitrogen and oxygen atoms in total. The maximum absolute atomic E-state index is 11.3. The zero-order chi connectivity index (χ0) is 11.4. The Balaban J connectivity index is 2.47. The second-order valence-corrected chi connectivity index (χ2v) is 4.42. The molecule has 0 saturated carbocycles. The van der Waals surface area contributed by atoms with Crippen LogP contribution in [0.5, 0.6) is 0 Å². The predicted molar refractivity (Wildman–Crippen MR) is 57.7 cm³/mol. The van der Waals surface area contributed by atoms with Crippen LogP contribution in [0.4, 0.5) is 0 Å². The summed E-state index contributed by atoms with van der Waals surface area (Å²) in [5, 5.41) is 9.25. The topological polar surface area (TPSA) is 78.6 Å². The maximum atomic E-state index is 11.3. The molecule has 0 radical (unpaired) electrons. The number of nitrogens with two attached hydrogens (primary N) is 1. The number of hydrogen-bond donors (Lipinski definition) is 3. The number of rotatable bonds is 4. The summed E-state index contributed by atoms with van der Waals surface area (Å²) < 4.78 is 0. The Morgan fingerprint density at radius 1 is 1.73 bits per heavy atom. The number of amides is 1. The zero-order valence-electron chi connectivity index (χ0n) is 9.44. The Hall–Kier alpha value is -0.650.